The van der Waals surface area contributed by atoms with Crippen LogP contribution in [0, 0.1) is 62.6 Å². The van der Waals surface area contributed by atoms with Crippen molar-refractivity contribution >= 4 is 29.5 Å². The van der Waals surface area contributed by atoms with Crippen molar-refractivity contribution in [2.45, 2.75) is 158 Å². The molecule has 1 N–H and O–H groups in total. The molecule has 0 radical (unpaired) electrons. The van der Waals surface area contributed by atoms with Gasteiger partial charge in [0.2, 0.25) is 11.8 Å². The van der Waals surface area contributed by atoms with Gasteiger partial charge in [0.25, 0.3) is 0 Å². The average Bonchev–Trinajstić information content (AvgIpc) is 3.74. The van der Waals surface area contributed by atoms with Crippen LogP contribution in [0.5, 0.6) is 0 Å². The Labute approximate surface area is 330 Å². The summed E-state index contributed by atoms with van der Waals surface area (Å²) in [5.41, 5.74) is 1.21. The van der Waals surface area contributed by atoms with E-state index in [1.807, 2.05) is 0 Å². The standard InChI is InChI=1S/C46H70N2O7/c1-28(2)39-32(49)24-46(21-23-48(26-29-11-12-29)37(51)27-47-22-9-10-36(47)50)20-15-31-30(40(39)46)13-14-34-44(31,7)18-16-33-43(5,6)35(17-19-45(33,34)8)55-38(52)25-42(3,4)41(53)54/h28-31,33-35H,9-27H2,1-8H3,(H,53,54). The Hall–Kier alpha value is -2.71. The molecular formula is C46H70N2O7. The molecule has 9 heteroatoms. The van der Waals surface area contributed by atoms with Gasteiger partial charge in [-0.3, -0.25) is 24.0 Å². The molecule has 1 saturated heterocycles. The van der Waals surface area contributed by atoms with Crippen LogP contribution in [0.3, 0.4) is 0 Å². The van der Waals surface area contributed by atoms with Crippen LogP contribution in [-0.2, 0) is 28.7 Å². The third-order valence-corrected chi connectivity index (χ3v) is 17.0. The molecular weight excluding hydrogens is 693 g/mol. The summed E-state index contributed by atoms with van der Waals surface area (Å²) in [6.45, 7) is 19.5. The molecule has 0 aromatic carbocycles. The molecule has 55 heavy (non-hydrogen) atoms. The van der Waals surface area contributed by atoms with Crippen LogP contribution in [0.1, 0.15) is 152 Å². The molecule has 0 aromatic heterocycles. The zero-order valence-electron chi connectivity index (χ0n) is 35.3. The number of amides is 2. The molecule has 9 nitrogen and oxygen atoms in total. The van der Waals surface area contributed by atoms with Gasteiger partial charge in [0.15, 0.2) is 5.78 Å². The van der Waals surface area contributed by atoms with Crippen molar-refractivity contribution in [3.63, 3.8) is 0 Å². The lowest BCUT2D eigenvalue weighted by Crippen LogP contribution is -2.63. The quantitative estimate of drug-likeness (QED) is 0.199. The summed E-state index contributed by atoms with van der Waals surface area (Å²) < 4.78 is 6.17. The monoisotopic (exact) mass is 763 g/mol. The maximum Gasteiger partial charge on any atom is 0.309 e. The van der Waals surface area contributed by atoms with E-state index >= 15 is 0 Å². The fourth-order valence-corrected chi connectivity index (χ4v) is 14.0. The van der Waals surface area contributed by atoms with Crippen LogP contribution >= 0.6 is 0 Å². The predicted molar refractivity (Wildman–Crippen MR) is 210 cm³/mol. The Morgan fingerprint density at radius 3 is 2.27 bits per heavy atom. The Kier molecular flexibility index (Phi) is 10.5. The normalized spacial score (nSPS) is 37.0. The number of likely N-dealkylation sites (tertiary alicyclic amines) is 1. The Balaban J connectivity index is 1.11. The second-order valence-corrected chi connectivity index (χ2v) is 21.5. The van der Waals surface area contributed by atoms with Gasteiger partial charge < -0.3 is 19.6 Å². The molecule has 0 aromatic rings. The zero-order valence-corrected chi connectivity index (χ0v) is 35.3. The highest BCUT2D eigenvalue weighted by molar-refractivity contribution is 6.00. The van der Waals surface area contributed by atoms with Crippen LogP contribution in [-0.4, -0.2) is 76.7 Å². The van der Waals surface area contributed by atoms with Crippen LogP contribution in [0.4, 0.5) is 0 Å². The van der Waals surface area contributed by atoms with E-state index in [9.17, 15) is 29.1 Å². The van der Waals surface area contributed by atoms with Crippen LogP contribution in [0.15, 0.2) is 11.1 Å². The molecule has 7 rings (SSSR count). The fourth-order valence-electron chi connectivity index (χ4n) is 14.0. The van der Waals surface area contributed by atoms with E-state index < -0.39 is 17.4 Å². The third-order valence-electron chi connectivity index (χ3n) is 17.0. The van der Waals surface area contributed by atoms with Crippen molar-refractivity contribution in [1.29, 1.82) is 0 Å². The van der Waals surface area contributed by atoms with Gasteiger partial charge in [0.05, 0.1) is 18.4 Å². The Morgan fingerprint density at radius 1 is 0.927 bits per heavy atom. The van der Waals surface area contributed by atoms with Crippen LogP contribution in [0.2, 0.25) is 0 Å². The number of aliphatic carboxylic acids is 1. The molecule has 5 saturated carbocycles. The molecule has 6 fully saturated rings. The van der Waals surface area contributed by atoms with Crippen LogP contribution in [0.25, 0.3) is 0 Å². The number of nitrogens with zero attached hydrogens (tertiary/aromatic N) is 2. The van der Waals surface area contributed by atoms with Gasteiger partial charge in [-0.15, -0.1) is 0 Å². The van der Waals surface area contributed by atoms with Crippen molar-refractivity contribution in [3.8, 4) is 0 Å². The first-order chi connectivity index (χ1) is 25.7. The maximum absolute atomic E-state index is 14.1. The summed E-state index contributed by atoms with van der Waals surface area (Å²) >= 11 is 0. The van der Waals surface area contributed by atoms with E-state index in [4.69, 9.17) is 4.74 Å². The maximum atomic E-state index is 14.1. The molecule has 7 aliphatic rings. The number of carbonyl (C=O) groups is 5. The lowest BCUT2D eigenvalue weighted by molar-refractivity contribution is -0.214. The smallest absolute Gasteiger partial charge is 0.309 e. The molecule has 8 unspecified atom stereocenters. The van der Waals surface area contributed by atoms with E-state index in [0.29, 0.717) is 61.3 Å². The van der Waals surface area contributed by atoms with Gasteiger partial charge >= 0.3 is 11.9 Å². The molecule has 6 aliphatic carbocycles. The zero-order chi connectivity index (χ0) is 39.9. The largest absolute Gasteiger partial charge is 0.481 e. The number of esters is 1. The number of hydrogen-bond donors (Lipinski definition) is 1. The molecule has 2 amide bonds. The minimum Gasteiger partial charge on any atom is -0.481 e. The van der Waals surface area contributed by atoms with Gasteiger partial charge in [-0.1, -0.05) is 47.1 Å². The number of ketones is 1. The van der Waals surface area contributed by atoms with Gasteiger partial charge in [-0.2, -0.15) is 0 Å². The minimum absolute atomic E-state index is 0.0701. The number of rotatable bonds is 12. The highest BCUT2D eigenvalue weighted by Crippen LogP contribution is 2.73. The first-order valence-corrected chi connectivity index (χ1v) is 22.0. The van der Waals surface area contributed by atoms with Crippen molar-refractivity contribution in [2.24, 2.45) is 62.6 Å². The van der Waals surface area contributed by atoms with E-state index in [2.05, 4.69) is 46.4 Å². The first kappa shape index (κ1) is 40.5. The number of carboxylic acids is 1. The lowest BCUT2D eigenvalue weighted by atomic mass is 9.36. The molecule has 0 bridgehead atoms. The Morgan fingerprint density at radius 2 is 1.64 bits per heavy atom. The number of Topliss-reactive ketones (excluding diaryl/α,β-unsaturated/α-hetero) is 1. The number of carboxylic acid groups (broad SMARTS) is 1. The molecule has 1 heterocycles. The van der Waals surface area contributed by atoms with Gasteiger partial charge in [0.1, 0.15) is 6.10 Å². The van der Waals surface area contributed by atoms with Crippen molar-refractivity contribution in [1.82, 2.24) is 9.80 Å². The van der Waals surface area contributed by atoms with Gasteiger partial charge in [-0.05, 0) is 143 Å². The Bertz CT molecular complexity index is 1620. The number of allylic oxidation sites excluding steroid dienone is 2. The van der Waals surface area contributed by atoms with Crippen LogP contribution < -0.4 is 0 Å². The van der Waals surface area contributed by atoms with E-state index in [1.54, 1.807) is 18.7 Å². The van der Waals surface area contributed by atoms with Crippen molar-refractivity contribution in [2.75, 3.05) is 26.2 Å². The third kappa shape index (κ3) is 7.01. The van der Waals surface area contributed by atoms with E-state index in [0.717, 1.165) is 89.2 Å². The summed E-state index contributed by atoms with van der Waals surface area (Å²) in [6, 6.07) is 0. The summed E-state index contributed by atoms with van der Waals surface area (Å²) in [5, 5.41) is 9.62. The summed E-state index contributed by atoms with van der Waals surface area (Å²) in [7, 11) is 0. The predicted octanol–water partition coefficient (Wildman–Crippen LogP) is 8.24. The summed E-state index contributed by atoms with van der Waals surface area (Å²) in [6.07, 6.45) is 13.1. The lowest BCUT2D eigenvalue weighted by Gasteiger charge is -2.69. The van der Waals surface area contributed by atoms with Crippen molar-refractivity contribution in [3.05, 3.63) is 11.1 Å². The highest BCUT2D eigenvalue weighted by atomic mass is 16.5. The highest BCUT2D eigenvalue weighted by Gasteiger charge is 2.66. The molecule has 0 spiro atoms. The molecule has 1 aliphatic heterocycles. The van der Waals surface area contributed by atoms with Crippen molar-refractivity contribution < 1.29 is 33.8 Å². The second-order valence-electron chi connectivity index (χ2n) is 21.5. The van der Waals surface area contributed by atoms with E-state index in [-0.39, 0.29) is 58.5 Å². The minimum atomic E-state index is -1.16. The molecule has 306 valence electrons. The molecule has 8 atom stereocenters. The number of ether oxygens (including phenoxy) is 1. The second kappa shape index (κ2) is 14.3. The van der Waals surface area contributed by atoms with E-state index in [1.165, 1.54) is 5.57 Å². The topological polar surface area (TPSA) is 121 Å². The van der Waals surface area contributed by atoms with Gasteiger partial charge in [0, 0.05) is 43.3 Å². The van der Waals surface area contributed by atoms with Gasteiger partial charge in [-0.25, -0.2) is 0 Å². The number of fused-ring (bicyclic) bond motifs is 7. The average molecular weight is 763 g/mol. The number of hydrogen-bond acceptors (Lipinski definition) is 6. The SMILES string of the molecule is CC(C)C1=C2C3CCC4C(C)(CCC5C(C)(C)C(OC(=O)CC(C)(C)C(=O)O)CCC54C)C3CCC2(CCN(CC2CC2)C(=O)CN2CCCC2=O)CC1=O. The fraction of sp³-hybridized carbons (Fsp3) is 0.848. The first-order valence-electron chi connectivity index (χ1n) is 22.0. The number of carbonyl (C=O) groups excluding carboxylic acids is 4. The summed E-state index contributed by atoms with van der Waals surface area (Å²) in [4.78, 5) is 69.0. The summed E-state index contributed by atoms with van der Waals surface area (Å²) in [5.74, 6) is 1.64.